The molecule has 0 aliphatic carbocycles. The lowest BCUT2D eigenvalue weighted by Crippen LogP contribution is -2.39. The number of rotatable bonds is 10. The lowest BCUT2D eigenvalue weighted by molar-refractivity contribution is 0.269. The van der Waals surface area contributed by atoms with Gasteiger partial charge in [0.1, 0.15) is 17.1 Å². The van der Waals surface area contributed by atoms with E-state index in [-0.39, 0.29) is 6.04 Å². The van der Waals surface area contributed by atoms with E-state index in [1.54, 1.807) is 6.26 Å². The fourth-order valence-electron chi connectivity index (χ4n) is 2.55. The van der Waals surface area contributed by atoms with Gasteiger partial charge in [0.25, 0.3) is 10.9 Å². The van der Waals surface area contributed by atoms with Crippen molar-refractivity contribution in [2.24, 2.45) is 0 Å². The fraction of sp³-hybridized carbons (Fsp3) is 0.529. The third-order valence-electron chi connectivity index (χ3n) is 3.96. The number of hydrogen-bond donors (Lipinski definition) is 2. The Hall–Kier alpha value is -2.12. The Labute approximate surface area is 141 Å². The van der Waals surface area contributed by atoms with E-state index >= 15 is 0 Å². The van der Waals surface area contributed by atoms with Gasteiger partial charge in [-0.25, -0.2) is 0 Å². The third kappa shape index (κ3) is 4.24. The summed E-state index contributed by atoms with van der Waals surface area (Å²) in [4.78, 5) is 27.7. The van der Waals surface area contributed by atoms with Crippen LogP contribution in [0.1, 0.15) is 18.2 Å². The Morgan fingerprint density at radius 2 is 1.75 bits per heavy atom. The molecule has 1 heterocycles. The van der Waals surface area contributed by atoms with E-state index in [4.69, 9.17) is 4.42 Å². The maximum absolute atomic E-state index is 11.8. The molecule has 0 aliphatic rings. The summed E-state index contributed by atoms with van der Waals surface area (Å²) in [7, 11) is 7.88. The van der Waals surface area contributed by atoms with Gasteiger partial charge in [0, 0.05) is 13.1 Å². The highest BCUT2D eigenvalue weighted by Crippen LogP contribution is 2.21. The van der Waals surface area contributed by atoms with Gasteiger partial charge >= 0.3 is 0 Å². The van der Waals surface area contributed by atoms with Crippen molar-refractivity contribution in [1.29, 1.82) is 0 Å². The van der Waals surface area contributed by atoms with Crippen LogP contribution in [-0.2, 0) is 0 Å². The first-order valence-corrected chi connectivity index (χ1v) is 8.07. The molecule has 0 unspecified atom stereocenters. The Morgan fingerprint density at radius 3 is 2.29 bits per heavy atom. The average Bonchev–Trinajstić information content (AvgIpc) is 3.05. The molecule has 132 valence electrons. The summed E-state index contributed by atoms with van der Waals surface area (Å²) >= 11 is 0. The minimum atomic E-state index is -0.456. The van der Waals surface area contributed by atoms with Crippen molar-refractivity contribution in [1.82, 2.24) is 9.80 Å². The smallest absolute Gasteiger partial charge is 0.253 e. The molecule has 0 spiro atoms. The summed E-state index contributed by atoms with van der Waals surface area (Å²) in [6, 6.07) is 3.71. The largest absolute Gasteiger partial charge is 0.468 e. The first-order valence-electron chi connectivity index (χ1n) is 8.07. The van der Waals surface area contributed by atoms with Crippen molar-refractivity contribution in [3.63, 3.8) is 0 Å². The number of anilines is 2. The molecule has 0 amide bonds. The van der Waals surface area contributed by atoms with Crippen LogP contribution in [0.5, 0.6) is 0 Å². The Morgan fingerprint density at radius 1 is 1.08 bits per heavy atom. The normalized spacial score (nSPS) is 12.9. The summed E-state index contributed by atoms with van der Waals surface area (Å²) in [6.45, 7) is 2.07. The lowest BCUT2D eigenvalue weighted by Gasteiger charge is -2.24. The summed E-state index contributed by atoms with van der Waals surface area (Å²) in [5.41, 5.74) is -0.122. The summed E-state index contributed by atoms with van der Waals surface area (Å²) in [6.07, 6.45) is 2.53. The van der Waals surface area contributed by atoms with Gasteiger partial charge in [-0.15, -0.1) is 0 Å². The van der Waals surface area contributed by atoms with Crippen LogP contribution in [0, 0.1) is 0 Å². The van der Waals surface area contributed by atoms with Crippen LogP contribution in [0.3, 0.4) is 0 Å². The molecule has 0 bridgehead atoms. The summed E-state index contributed by atoms with van der Waals surface area (Å²) < 4.78 is 5.45. The van der Waals surface area contributed by atoms with Crippen molar-refractivity contribution in [2.75, 3.05) is 58.5 Å². The molecule has 0 aliphatic heterocycles. The van der Waals surface area contributed by atoms with Crippen molar-refractivity contribution >= 4 is 11.4 Å². The predicted octanol–water partition coefficient (Wildman–Crippen LogP) is 0.954. The molecular weight excluding hydrogens is 308 g/mol. The highest BCUT2D eigenvalue weighted by molar-refractivity contribution is 5.73. The maximum atomic E-state index is 11.8. The molecule has 0 saturated carbocycles. The summed E-state index contributed by atoms with van der Waals surface area (Å²) in [5, 5.41) is 6.18. The maximum Gasteiger partial charge on any atom is 0.253 e. The topological polar surface area (TPSA) is 77.8 Å². The van der Waals surface area contributed by atoms with E-state index in [1.165, 1.54) is 0 Å². The highest BCUT2D eigenvalue weighted by Gasteiger charge is 2.23. The fourth-order valence-corrected chi connectivity index (χ4v) is 2.55. The SMILES string of the molecule is CN(C)CCCNc1c(NC[C@H](c2ccco2)N(C)C)c(=O)c1=O. The van der Waals surface area contributed by atoms with E-state index in [9.17, 15) is 9.59 Å². The van der Waals surface area contributed by atoms with Gasteiger partial charge in [0.15, 0.2) is 0 Å². The second kappa shape index (κ2) is 8.12. The predicted molar refractivity (Wildman–Crippen MR) is 96.6 cm³/mol. The van der Waals surface area contributed by atoms with Gasteiger partial charge in [0.2, 0.25) is 0 Å². The second-order valence-corrected chi connectivity index (χ2v) is 6.37. The van der Waals surface area contributed by atoms with Gasteiger partial charge < -0.3 is 20.0 Å². The molecule has 7 heteroatoms. The average molecular weight is 334 g/mol. The van der Waals surface area contributed by atoms with E-state index in [1.807, 2.05) is 45.2 Å². The van der Waals surface area contributed by atoms with Crippen LogP contribution in [0.2, 0.25) is 0 Å². The molecule has 24 heavy (non-hydrogen) atoms. The van der Waals surface area contributed by atoms with Crippen molar-refractivity contribution < 1.29 is 4.42 Å². The van der Waals surface area contributed by atoms with E-state index in [2.05, 4.69) is 15.5 Å². The number of nitrogens with zero attached hydrogens (tertiary/aromatic N) is 2. The molecule has 0 fully saturated rings. The number of likely N-dealkylation sites (N-methyl/N-ethyl adjacent to an activating group) is 1. The molecule has 1 aromatic carbocycles. The minimum absolute atomic E-state index is 0.0222. The van der Waals surface area contributed by atoms with Crippen LogP contribution in [-0.4, -0.2) is 57.6 Å². The van der Waals surface area contributed by atoms with Gasteiger partial charge in [0.05, 0.1) is 12.3 Å². The van der Waals surface area contributed by atoms with Gasteiger partial charge in [-0.05, 0) is 53.3 Å². The number of hydrogen-bond acceptors (Lipinski definition) is 7. The molecule has 2 rings (SSSR count). The van der Waals surface area contributed by atoms with Gasteiger partial charge in [-0.1, -0.05) is 0 Å². The third-order valence-corrected chi connectivity index (χ3v) is 3.96. The van der Waals surface area contributed by atoms with Crippen LogP contribution >= 0.6 is 0 Å². The first kappa shape index (κ1) is 18.2. The number of nitrogens with one attached hydrogen (secondary N) is 2. The van der Waals surface area contributed by atoms with Crippen molar-refractivity contribution in [3.05, 3.63) is 44.6 Å². The molecule has 1 aromatic heterocycles. The van der Waals surface area contributed by atoms with E-state index in [0.717, 1.165) is 18.7 Å². The van der Waals surface area contributed by atoms with Crippen LogP contribution in [0.25, 0.3) is 0 Å². The molecule has 0 radical (unpaired) electrons. The standard InChI is InChI=1S/C17H26N4O3/c1-20(2)9-6-8-18-14-15(17(23)16(14)22)19-11-12(21(3)4)13-7-5-10-24-13/h5,7,10,12,18-19H,6,8-9,11H2,1-4H3/t12-/m1/s1. The highest BCUT2D eigenvalue weighted by atomic mass is 16.3. The zero-order chi connectivity index (χ0) is 17.7. The van der Waals surface area contributed by atoms with Crippen LogP contribution in [0.4, 0.5) is 11.4 Å². The zero-order valence-corrected chi connectivity index (χ0v) is 14.8. The van der Waals surface area contributed by atoms with E-state index in [0.29, 0.717) is 24.5 Å². The molecular formula is C17H26N4O3. The molecule has 1 atom stereocenters. The van der Waals surface area contributed by atoms with Gasteiger partial charge in [-0.2, -0.15) is 0 Å². The number of furan rings is 1. The monoisotopic (exact) mass is 334 g/mol. The Balaban J connectivity index is 1.96. The molecule has 2 aromatic rings. The molecule has 0 saturated heterocycles. The molecule has 7 nitrogen and oxygen atoms in total. The van der Waals surface area contributed by atoms with Gasteiger partial charge in [-0.3, -0.25) is 14.5 Å². The van der Waals surface area contributed by atoms with Crippen LogP contribution in [0.15, 0.2) is 32.4 Å². The van der Waals surface area contributed by atoms with Crippen molar-refractivity contribution in [2.45, 2.75) is 12.5 Å². The lowest BCUT2D eigenvalue weighted by atomic mass is 10.1. The Kier molecular flexibility index (Phi) is 6.16. The Bertz CT molecular complexity index is 700. The zero-order valence-electron chi connectivity index (χ0n) is 14.8. The second-order valence-electron chi connectivity index (χ2n) is 6.37. The van der Waals surface area contributed by atoms with Crippen molar-refractivity contribution in [3.8, 4) is 0 Å². The first-order chi connectivity index (χ1) is 11.4. The summed E-state index contributed by atoms with van der Waals surface area (Å²) in [5.74, 6) is 0.812. The quantitative estimate of drug-likeness (QED) is 0.495. The van der Waals surface area contributed by atoms with E-state index < -0.39 is 10.9 Å². The minimum Gasteiger partial charge on any atom is -0.468 e. The van der Waals surface area contributed by atoms with Crippen LogP contribution < -0.4 is 21.5 Å². The molecule has 2 N–H and O–H groups in total.